The highest BCUT2D eigenvalue weighted by Crippen LogP contribution is 2.26. The molecule has 0 saturated heterocycles. The SMILES string of the molecule is C[C@@](N)(C(=O)NC[C@H](N)C(=O)O)c1c[nH]c2ccccc12. The highest BCUT2D eigenvalue weighted by atomic mass is 16.4. The third kappa shape index (κ3) is 2.88. The van der Waals surface area contributed by atoms with Gasteiger partial charge in [-0.2, -0.15) is 0 Å². The summed E-state index contributed by atoms with van der Waals surface area (Å²) in [6.07, 6.45) is 1.68. The number of para-hydroxylation sites is 1. The number of hydrogen-bond donors (Lipinski definition) is 5. The Labute approximate surface area is 121 Å². The summed E-state index contributed by atoms with van der Waals surface area (Å²) in [6.45, 7) is 1.40. The van der Waals surface area contributed by atoms with Gasteiger partial charge in [0.15, 0.2) is 0 Å². The van der Waals surface area contributed by atoms with Crippen LogP contribution in [-0.2, 0) is 15.1 Å². The Balaban J connectivity index is 2.21. The first-order chi connectivity index (χ1) is 9.84. The van der Waals surface area contributed by atoms with Gasteiger partial charge in [-0.15, -0.1) is 0 Å². The first kappa shape index (κ1) is 15.0. The molecule has 2 rings (SSSR count). The van der Waals surface area contributed by atoms with Crippen LogP contribution in [0.15, 0.2) is 30.5 Å². The standard InChI is InChI=1S/C14H18N4O3/c1-14(16,13(21)18-7-10(15)12(19)20)9-6-17-11-5-3-2-4-8(9)11/h2-6,10,17H,7,15-16H2,1H3,(H,18,21)(H,19,20)/t10-,14-/m0/s1. The molecule has 1 heterocycles. The number of carbonyl (C=O) groups excluding carboxylic acids is 1. The maximum absolute atomic E-state index is 12.2. The number of nitrogens with two attached hydrogens (primary N) is 2. The van der Waals surface area contributed by atoms with Crippen molar-refractivity contribution in [2.75, 3.05) is 6.54 Å². The Morgan fingerprint density at radius 2 is 2.10 bits per heavy atom. The molecule has 0 aliphatic rings. The van der Waals surface area contributed by atoms with Crippen LogP contribution >= 0.6 is 0 Å². The average Bonchev–Trinajstić information content (AvgIpc) is 2.88. The molecule has 7 nitrogen and oxygen atoms in total. The molecule has 0 aliphatic heterocycles. The molecular formula is C14H18N4O3. The number of aliphatic carboxylic acids is 1. The summed E-state index contributed by atoms with van der Waals surface area (Å²) in [4.78, 5) is 25.9. The van der Waals surface area contributed by atoms with Gasteiger partial charge in [0.2, 0.25) is 5.91 Å². The van der Waals surface area contributed by atoms with E-state index in [9.17, 15) is 9.59 Å². The molecule has 7 N–H and O–H groups in total. The fourth-order valence-electron chi connectivity index (χ4n) is 2.10. The minimum atomic E-state index is -1.29. The maximum atomic E-state index is 12.2. The summed E-state index contributed by atoms with van der Waals surface area (Å²) in [7, 11) is 0. The van der Waals surface area contributed by atoms with Crippen LogP contribution in [0, 0.1) is 0 Å². The monoisotopic (exact) mass is 290 g/mol. The van der Waals surface area contributed by atoms with Crippen LogP contribution in [0.4, 0.5) is 0 Å². The van der Waals surface area contributed by atoms with Gasteiger partial charge in [-0.3, -0.25) is 9.59 Å². The molecule has 0 bridgehead atoms. The first-order valence-electron chi connectivity index (χ1n) is 6.46. The van der Waals surface area contributed by atoms with Crippen molar-refractivity contribution in [1.82, 2.24) is 10.3 Å². The van der Waals surface area contributed by atoms with Crippen molar-refractivity contribution < 1.29 is 14.7 Å². The molecule has 2 atom stereocenters. The van der Waals surface area contributed by atoms with E-state index in [0.29, 0.717) is 5.56 Å². The van der Waals surface area contributed by atoms with Crippen molar-refractivity contribution in [3.8, 4) is 0 Å². The van der Waals surface area contributed by atoms with E-state index < -0.39 is 23.5 Å². The molecule has 1 aromatic heterocycles. The van der Waals surface area contributed by atoms with Gasteiger partial charge in [-0.25, -0.2) is 0 Å². The van der Waals surface area contributed by atoms with E-state index in [1.165, 1.54) is 0 Å². The predicted molar refractivity (Wildman–Crippen MR) is 78.5 cm³/mol. The van der Waals surface area contributed by atoms with Gasteiger partial charge < -0.3 is 26.9 Å². The van der Waals surface area contributed by atoms with E-state index in [0.717, 1.165) is 10.9 Å². The normalized spacial score (nSPS) is 15.4. The molecule has 7 heteroatoms. The first-order valence-corrected chi connectivity index (χ1v) is 6.46. The average molecular weight is 290 g/mol. The number of aromatic nitrogens is 1. The summed E-state index contributed by atoms with van der Waals surface area (Å²) >= 11 is 0. The Bertz CT molecular complexity index is 678. The van der Waals surface area contributed by atoms with Gasteiger partial charge in [0.25, 0.3) is 0 Å². The lowest BCUT2D eigenvalue weighted by Crippen LogP contribution is -2.52. The van der Waals surface area contributed by atoms with E-state index in [1.807, 2.05) is 24.3 Å². The molecule has 0 unspecified atom stereocenters. The highest BCUT2D eigenvalue weighted by Gasteiger charge is 2.33. The third-order valence-electron chi connectivity index (χ3n) is 3.42. The Kier molecular flexibility index (Phi) is 3.97. The molecule has 0 spiro atoms. The number of benzene rings is 1. The molecule has 0 saturated carbocycles. The van der Waals surface area contributed by atoms with Crippen LogP contribution in [0.5, 0.6) is 0 Å². The quantitative estimate of drug-likeness (QED) is 0.523. The van der Waals surface area contributed by atoms with Crippen molar-refractivity contribution in [3.63, 3.8) is 0 Å². The van der Waals surface area contributed by atoms with Crippen molar-refractivity contribution >= 4 is 22.8 Å². The number of carboxylic acid groups (broad SMARTS) is 1. The Morgan fingerprint density at radius 1 is 1.43 bits per heavy atom. The second-order valence-corrected chi connectivity index (χ2v) is 5.11. The molecule has 0 radical (unpaired) electrons. The number of amides is 1. The minimum absolute atomic E-state index is 0.177. The van der Waals surface area contributed by atoms with Crippen LogP contribution < -0.4 is 16.8 Å². The van der Waals surface area contributed by atoms with Gasteiger partial charge in [-0.05, 0) is 13.0 Å². The molecular weight excluding hydrogens is 272 g/mol. The predicted octanol–water partition coefficient (Wildman–Crippen LogP) is -0.130. The van der Waals surface area contributed by atoms with Gasteiger partial charge in [0, 0.05) is 29.2 Å². The number of H-pyrrole nitrogens is 1. The largest absolute Gasteiger partial charge is 0.480 e. The van der Waals surface area contributed by atoms with Crippen LogP contribution in [0.3, 0.4) is 0 Å². The lowest BCUT2D eigenvalue weighted by molar-refractivity contribution is -0.138. The third-order valence-corrected chi connectivity index (χ3v) is 3.42. The lowest BCUT2D eigenvalue weighted by Gasteiger charge is -2.24. The maximum Gasteiger partial charge on any atom is 0.322 e. The Morgan fingerprint density at radius 3 is 2.76 bits per heavy atom. The lowest BCUT2D eigenvalue weighted by atomic mass is 9.91. The molecule has 112 valence electrons. The summed E-state index contributed by atoms with van der Waals surface area (Å²) in [5.41, 5.74) is 11.7. The second kappa shape index (κ2) is 5.55. The van der Waals surface area contributed by atoms with Gasteiger partial charge >= 0.3 is 5.97 Å². The van der Waals surface area contributed by atoms with Gasteiger partial charge in [0.05, 0.1) is 0 Å². The van der Waals surface area contributed by atoms with Crippen LogP contribution in [0.2, 0.25) is 0 Å². The Hall–Kier alpha value is -2.38. The molecule has 21 heavy (non-hydrogen) atoms. The van der Waals surface area contributed by atoms with E-state index in [-0.39, 0.29) is 6.54 Å². The summed E-state index contributed by atoms with van der Waals surface area (Å²) in [5, 5.41) is 12.0. The van der Waals surface area contributed by atoms with Gasteiger partial charge in [-0.1, -0.05) is 18.2 Å². The van der Waals surface area contributed by atoms with E-state index in [2.05, 4.69) is 10.3 Å². The fraction of sp³-hybridized carbons (Fsp3) is 0.286. The van der Waals surface area contributed by atoms with Crippen molar-refractivity contribution in [2.45, 2.75) is 18.5 Å². The number of fused-ring (bicyclic) bond motifs is 1. The molecule has 0 fully saturated rings. The summed E-state index contributed by atoms with van der Waals surface area (Å²) in [5.74, 6) is -1.66. The molecule has 1 aromatic carbocycles. The number of rotatable bonds is 5. The number of carboxylic acids is 1. The number of carbonyl (C=O) groups is 2. The zero-order valence-corrected chi connectivity index (χ0v) is 11.6. The zero-order chi connectivity index (χ0) is 15.6. The van der Waals surface area contributed by atoms with Crippen LogP contribution in [-0.4, -0.2) is 34.6 Å². The molecule has 2 aromatic rings. The summed E-state index contributed by atoms with van der Waals surface area (Å²) < 4.78 is 0. The van der Waals surface area contributed by atoms with Crippen molar-refractivity contribution in [2.24, 2.45) is 11.5 Å². The van der Waals surface area contributed by atoms with E-state index in [4.69, 9.17) is 16.6 Å². The highest BCUT2D eigenvalue weighted by molar-refractivity contribution is 5.94. The number of nitrogens with one attached hydrogen (secondary N) is 2. The second-order valence-electron chi connectivity index (χ2n) is 5.11. The number of aromatic amines is 1. The fourth-order valence-corrected chi connectivity index (χ4v) is 2.10. The molecule has 1 amide bonds. The van der Waals surface area contributed by atoms with Crippen molar-refractivity contribution in [1.29, 1.82) is 0 Å². The van der Waals surface area contributed by atoms with Crippen LogP contribution in [0.1, 0.15) is 12.5 Å². The van der Waals surface area contributed by atoms with E-state index >= 15 is 0 Å². The molecule has 0 aliphatic carbocycles. The minimum Gasteiger partial charge on any atom is -0.480 e. The van der Waals surface area contributed by atoms with Crippen LogP contribution in [0.25, 0.3) is 10.9 Å². The summed E-state index contributed by atoms with van der Waals surface area (Å²) in [6, 6.07) is 6.32. The van der Waals surface area contributed by atoms with Gasteiger partial charge in [0.1, 0.15) is 11.6 Å². The smallest absolute Gasteiger partial charge is 0.322 e. The topological polar surface area (TPSA) is 134 Å². The zero-order valence-electron chi connectivity index (χ0n) is 11.6. The number of hydrogen-bond acceptors (Lipinski definition) is 4. The van der Waals surface area contributed by atoms with Crippen molar-refractivity contribution in [3.05, 3.63) is 36.0 Å². The van der Waals surface area contributed by atoms with E-state index in [1.54, 1.807) is 13.1 Å².